The molecular formula is C18H22N6O3. The highest BCUT2D eigenvalue weighted by atomic mass is 16.5. The van der Waals surface area contributed by atoms with Crippen LogP contribution >= 0.6 is 0 Å². The highest BCUT2D eigenvalue weighted by Gasteiger charge is 2.31. The Morgan fingerprint density at radius 2 is 2.22 bits per heavy atom. The van der Waals surface area contributed by atoms with E-state index in [1.54, 1.807) is 31.5 Å². The monoisotopic (exact) mass is 370 g/mol. The molecule has 0 amide bonds. The fourth-order valence-electron chi connectivity index (χ4n) is 2.79. The number of hydrogen-bond donors (Lipinski definition) is 3. The number of aliphatic imine (C=N–C) groups is 1. The molecule has 9 heteroatoms. The number of aromatic nitrogens is 2. The van der Waals surface area contributed by atoms with E-state index in [0.717, 1.165) is 24.2 Å². The summed E-state index contributed by atoms with van der Waals surface area (Å²) in [6, 6.07) is 5.43. The van der Waals surface area contributed by atoms with Crippen LogP contribution < -0.4 is 25.8 Å². The number of methoxy groups -OCH3 is 1. The maximum absolute atomic E-state index is 6.43. The largest absolute Gasteiger partial charge is 0.493 e. The van der Waals surface area contributed by atoms with Crippen LogP contribution in [0.2, 0.25) is 0 Å². The average molecular weight is 370 g/mol. The maximum Gasteiger partial charge on any atom is 0.229 e. The lowest BCUT2D eigenvalue weighted by Gasteiger charge is -2.31. The van der Waals surface area contributed by atoms with Crippen molar-refractivity contribution in [1.82, 2.24) is 20.8 Å². The summed E-state index contributed by atoms with van der Waals surface area (Å²) in [6.45, 7) is 0.173. The van der Waals surface area contributed by atoms with Crippen LogP contribution in [0.5, 0.6) is 11.5 Å². The minimum atomic E-state index is -1.11. The van der Waals surface area contributed by atoms with E-state index in [1.165, 1.54) is 0 Å². The van der Waals surface area contributed by atoms with E-state index >= 15 is 0 Å². The van der Waals surface area contributed by atoms with Gasteiger partial charge in [-0.15, -0.1) is 0 Å². The van der Waals surface area contributed by atoms with Crippen LogP contribution in [0.15, 0.2) is 39.6 Å². The van der Waals surface area contributed by atoms with Gasteiger partial charge in [0, 0.05) is 24.7 Å². The lowest BCUT2D eigenvalue weighted by molar-refractivity contribution is 0.267. The number of nitrogens with two attached hydrogens (primary N) is 1. The number of nitrogens with zero attached hydrogens (tertiary/aromatic N) is 3. The lowest BCUT2D eigenvalue weighted by atomic mass is 10.1. The minimum Gasteiger partial charge on any atom is -0.493 e. The molecule has 0 bridgehead atoms. The summed E-state index contributed by atoms with van der Waals surface area (Å²) in [4.78, 5) is 8.73. The van der Waals surface area contributed by atoms with Crippen LogP contribution in [0, 0.1) is 0 Å². The zero-order chi connectivity index (χ0) is 18.9. The van der Waals surface area contributed by atoms with E-state index < -0.39 is 5.79 Å². The third kappa shape index (κ3) is 3.59. The zero-order valence-corrected chi connectivity index (χ0v) is 15.2. The highest BCUT2D eigenvalue weighted by Crippen LogP contribution is 2.39. The zero-order valence-electron chi connectivity index (χ0n) is 15.2. The van der Waals surface area contributed by atoms with Crippen LogP contribution in [-0.4, -0.2) is 30.5 Å². The summed E-state index contributed by atoms with van der Waals surface area (Å²) in [5.41, 5.74) is 7.16. The van der Waals surface area contributed by atoms with Crippen LogP contribution in [0.3, 0.4) is 0 Å². The first-order chi connectivity index (χ1) is 13.1. The Morgan fingerprint density at radius 1 is 1.37 bits per heavy atom. The Labute approximate surface area is 156 Å². The summed E-state index contributed by atoms with van der Waals surface area (Å²) < 4.78 is 16.5. The summed E-state index contributed by atoms with van der Waals surface area (Å²) in [7, 11) is 3.39. The Hall–Kier alpha value is -3.07. The van der Waals surface area contributed by atoms with Crippen LogP contribution in [-0.2, 0) is 12.4 Å². The van der Waals surface area contributed by atoms with E-state index in [-0.39, 0.29) is 6.61 Å². The van der Waals surface area contributed by atoms with Gasteiger partial charge in [-0.25, -0.2) is 4.99 Å². The average Bonchev–Trinajstić information content (AvgIpc) is 3.44. The van der Waals surface area contributed by atoms with Gasteiger partial charge in [0.1, 0.15) is 5.82 Å². The van der Waals surface area contributed by atoms with Gasteiger partial charge in [-0.2, -0.15) is 4.98 Å². The van der Waals surface area contributed by atoms with Crippen molar-refractivity contribution in [3.8, 4) is 11.5 Å². The second-order valence-electron chi connectivity index (χ2n) is 6.48. The first-order valence-corrected chi connectivity index (χ1v) is 8.75. The first-order valence-electron chi connectivity index (χ1n) is 8.75. The number of hydrogen-bond acceptors (Lipinski definition) is 9. The van der Waals surface area contributed by atoms with Crippen LogP contribution in [0.1, 0.15) is 36.0 Å². The summed E-state index contributed by atoms with van der Waals surface area (Å²) in [5, 5.41) is 10.1. The number of benzene rings is 1. The third-order valence-electron chi connectivity index (χ3n) is 4.48. The molecular weight excluding hydrogens is 348 g/mol. The molecule has 1 aromatic heterocycles. The van der Waals surface area contributed by atoms with Crippen molar-refractivity contribution in [2.45, 2.75) is 31.2 Å². The van der Waals surface area contributed by atoms with Gasteiger partial charge < -0.3 is 24.6 Å². The SMILES string of the molecule is CNC1=CC=NC(N)(c2ccc(OC)c(OCc3noc(C4CC4)n3)c2)N1. The Kier molecular flexibility index (Phi) is 4.44. The molecule has 4 N–H and O–H groups in total. The van der Waals surface area contributed by atoms with Crippen molar-refractivity contribution in [3.05, 3.63) is 47.4 Å². The van der Waals surface area contributed by atoms with Crippen molar-refractivity contribution in [3.63, 3.8) is 0 Å². The second-order valence-corrected chi connectivity index (χ2v) is 6.48. The summed E-state index contributed by atoms with van der Waals surface area (Å²) in [5.74, 6) is 2.36. The van der Waals surface area contributed by atoms with Crippen molar-refractivity contribution < 1.29 is 14.0 Å². The molecule has 1 atom stereocenters. The molecule has 142 valence electrons. The quantitative estimate of drug-likeness (QED) is 0.668. The predicted molar refractivity (Wildman–Crippen MR) is 98.2 cm³/mol. The highest BCUT2D eigenvalue weighted by molar-refractivity contribution is 5.73. The summed E-state index contributed by atoms with van der Waals surface area (Å²) >= 11 is 0. The van der Waals surface area contributed by atoms with Gasteiger partial charge in [0.2, 0.25) is 17.5 Å². The topological polar surface area (TPSA) is 120 Å². The van der Waals surface area contributed by atoms with Gasteiger partial charge in [-0.1, -0.05) is 5.16 Å². The molecule has 1 aliphatic heterocycles. The van der Waals surface area contributed by atoms with E-state index in [0.29, 0.717) is 29.1 Å². The van der Waals surface area contributed by atoms with Gasteiger partial charge in [0.25, 0.3) is 0 Å². The Balaban J connectivity index is 1.53. The number of allylic oxidation sites excluding steroid dienone is 1. The van der Waals surface area contributed by atoms with Gasteiger partial charge in [-0.05, 0) is 37.1 Å². The van der Waals surface area contributed by atoms with Gasteiger partial charge in [0.15, 0.2) is 18.1 Å². The standard InChI is InChI=1S/C18H22N6O3/c1-20-15-7-8-21-18(19,23-15)12-5-6-13(25-2)14(9-12)26-10-16-22-17(27-24-16)11-3-4-11/h5-9,11,20,23H,3-4,10,19H2,1-2H3. The molecule has 0 saturated heterocycles. The number of ether oxygens (including phenoxy) is 2. The molecule has 9 nitrogen and oxygen atoms in total. The number of rotatable bonds is 7. The van der Waals surface area contributed by atoms with E-state index in [9.17, 15) is 0 Å². The fraction of sp³-hybridized carbons (Fsp3) is 0.389. The van der Waals surface area contributed by atoms with Crippen molar-refractivity contribution in [1.29, 1.82) is 0 Å². The Bertz CT molecular complexity index is 889. The fourth-order valence-corrected chi connectivity index (χ4v) is 2.79. The molecule has 2 aliphatic rings. The van der Waals surface area contributed by atoms with Crippen molar-refractivity contribution in [2.24, 2.45) is 10.7 Å². The molecule has 4 rings (SSSR count). The maximum atomic E-state index is 6.43. The van der Waals surface area contributed by atoms with Crippen molar-refractivity contribution in [2.75, 3.05) is 14.2 Å². The minimum absolute atomic E-state index is 0.173. The molecule has 1 aromatic carbocycles. The van der Waals surface area contributed by atoms with E-state index in [2.05, 4.69) is 25.8 Å². The summed E-state index contributed by atoms with van der Waals surface area (Å²) in [6.07, 6.45) is 5.67. The molecule has 0 radical (unpaired) electrons. The van der Waals surface area contributed by atoms with Gasteiger partial charge in [-0.3, -0.25) is 5.73 Å². The second kappa shape index (κ2) is 6.92. The third-order valence-corrected chi connectivity index (χ3v) is 4.48. The lowest BCUT2D eigenvalue weighted by Crippen LogP contribution is -2.51. The van der Waals surface area contributed by atoms with Gasteiger partial charge in [0.05, 0.1) is 7.11 Å². The molecule has 1 unspecified atom stereocenters. The van der Waals surface area contributed by atoms with Crippen LogP contribution in [0.4, 0.5) is 0 Å². The molecule has 1 aliphatic carbocycles. The molecule has 1 saturated carbocycles. The van der Waals surface area contributed by atoms with Crippen molar-refractivity contribution >= 4 is 6.21 Å². The number of nitrogens with one attached hydrogen (secondary N) is 2. The predicted octanol–water partition coefficient (Wildman–Crippen LogP) is 1.34. The molecule has 2 heterocycles. The molecule has 1 fully saturated rings. The van der Waals surface area contributed by atoms with Gasteiger partial charge >= 0.3 is 0 Å². The normalized spacial score (nSPS) is 21.4. The van der Waals surface area contributed by atoms with E-state index in [4.69, 9.17) is 19.7 Å². The smallest absolute Gasteiger partial charge is 0.229 e. The molecule has 27 heavy (non-hydrogen) atoms. The molecule has 0 spiro atoms. The first kappa shape index (κ1) is 17.3. The van der Waals surface area contributed by atoms with E-state index in [1.807, 2.05) is 13.1 Å². The Morgan fingerprint density at radius 3 is 2.96 bits per heavy atom. The van der Waals surface area contributed by atoms with Crippen LogP contribution in [0.25, 0.3) is 0 Å². The molecule has 2 aromatic rings.